The standard InChI is InChI=1S/C10H11BrO2S/c1-3-13-10(12)7-4-5-8(11)9(6-7)14-2/h4-6H,3H2,1-2H3. The van der Waals surface area contributed by atoms with E-state index in [0.29, 0.717) is 12.2 Å². The van der Waals surface area contributed by atoms with Crippen molar-refractivity contribution in [3.63, 3.8) is 0 Å². The normalized spacial score (nSPS) is 9.93. The largest absolute Gasteiger partial charge is 0.462 e. The van der Waals surface area contributed by atoms with E-state index in [2.05, 4.69) is 15.9 Å². The van der Waals surface area contributed by atoms with Gasteiger partial charge in [-0.15, -0.1) is 11.8 Å². The lowest BCUT2D eigenvalue weighted by Gasteiger charge is -2.04. The van der Waals surface area contributed by atoms with Crippen molar-refractivity contribution in [1.29, 1.82) is 0 Å². The lowest BCUT2D eigenvalue weighted by atomic mass is 10.2. The molecule has 0 fully saturated rings. The molecule has 0 saturated heterocycles. The van der Waals surface area contributed by atoms with Crippen molar-refractivity contribution in [2.75, 3.05) is 12.9 Å². The molecular weight excluding hydrogens is 264 g/mol. The van der Waals surface area contributed by atoms with Crippen LogP contribution in [0.2, 0.25) is 0 Å². The molecule has 0 bridgehead atoms. The average molecular weight is 275 g/mol. The summed E-state index contributed by atoms with van der Waals surface area (Å²) in [5.41, 5.74) is 0.597. The van der Waals surface area contributed by atoms with Crippen molar-refractivity contribution >= 4 is 33.7 Å². The van der Waals surface area contributed by atoms with Crippen LogP contribution in [0, 0.1) is 0 Å². The molecule has 76 valence electrons. The van der Waals surface area contributed by atoms with Crippen LogP contribution in [0.3, 0.4) is 0 Å². The molecule has 14 heavy (non-hydrogen) atoms. The van der Waals surface area contributed by atoms with Crippen LogP contribution in [0.15, 0.2) is 27.6 Å². The Morgan fingerprint density at radius 2 is 2.29 bits per heavy atom. The molecule has 0 aliphatic rings. The van der Waals surface area contributed by atoms with Gasteiger partial charge in [0.25, 0.3) is 0 Å². The van der Waals surface area contributed by atoms with Gasteiger partial charge in [0.1, 0.15) is 0 Å². The molecule has 0 aliphatic heterocycles. The first-order valence-electron chi connectivity index (χ1n) is 4.19. The SMILES string of the molecule is CCOC(=O)c1ccc(Br)c(SC)c1. The average Bonchev–Trinajstić information content (AvgIpc) is 2.19. The minimum atomic E-state index is -0.268. The molecule has 0 saturated carbocycles. The van der Waals surface area contributed by atoms with Gasteiger partial charge in [0.05, 0.1) is 12.2 Å². The molecule has 0 spiro atoms. The predicted octanol–water partition coefficient (Wildman–Crippen LogP) is 3.35. The zero-order valence-electron chi connectivity index (χ0n) is 8.04. The molecule has 2 nitrogen and oxygen atoms in total. The van der Waals surface area contributed by atoms with Gasteiger partial charge in [0.2, 0.25) is 0 Å². The van der Waals surface area contributed by atoms with Gasteiger partial charge in [-0.2, -0.15) is 0 Å². The van der Waals surface area contributed by atoms with E-state index in [0.717, 1.165) is 9.37 Å². The third-order valence-electron chi connectivity index (χ3n) is 1.66. The molecule has 0 aromatic heterocycles. The fraction of sp³-hybridized carbons (Fsp3) is 0.300. The zero-order valence-corrected chi connectivity index (χ0v) is 10.4. The molecule has 0 atom stereocenters. The minimum Gasteiger partial charge on any atom is -0.462 e. The summed E-state index contributed by atoms with van der Waals surface area (Å²) in [6.45, 7) is 2.20. The molecule has 0 N–H and O–H groups in total. The maximum Gasteiger partial charge on any atom is 0.338 e. The highest BCUT2D eigenvalue weighted by molar-refractivity contribution is 9.10. The molecule has 0 unspecified atom stereocenters. The first kappa shape index (κ1) is 11.6. The molecule has 0 heterocycles. The maximum atomic E-state index is 11.4. The first-order chi connectivity index (χ1) is 6.69. The Kier molecular flexibility index (Phi) is 4.48. The van der Waals surface area contributed by atoms with Crippen LogP contribution in [-0.2, 0) is 4.74 Å². The number of carbonyl (C=O) groups excluding carboxylic acids is 1. The summed E-state index contributed by atoms with van der Waals surface area (Å²) in [6, 6.07) is 5.44. The maximum absolute atomic E-state index is 11.4. The fourth-order valence-corrected chi connectivity index (χ4v) is 2.24. The highest BCUT2D eigenvalue weighted by Gasteiger charge is 2.08. The van der Waals surface area contributed by atoms with E-state index in [1.807, 2.05) is 18.4 Å². The number of rotatable bonds is 3. The summed E-state index contributed by atoms with van der Waals surface area (Å²) in [4.78, 5) is 12.4. The number of hydrogen-bond acceptors (Lipinski definition) is 3. The van der Waals surface area contributed by atoms with E-state index in [1.54, 1.807) is 24.8 Å². The minimum absolute atomic E-state index is 0.268. The molecule has 0 amide bonds. The summed E-state index contributed by atoms with van der Waals surface area (Å²) >= 11 is 5.00. The van der Waals surface area contributed by atoms with Gasteiger partial charge in [0.15, 0.2) is 0 Å². The monoisotopic (exact) mass is 274 g/mol. The van der Waals surface area contributed by atoms with Crippen LogP contribution >= 0.6 is 27.7 Å². The van der Waals surface area contributed by atoms with Crippen LogP contribution in [0.1, 0.15) is 17.3 Å². The summed E-state index contributed by atoms with van der Waals surface area (Å²) in [6.07, 6.45) is 1.97. The molecule has 4 heteroatoms. The van der Waals surface area contributed by atoms with Crippen molar-refractivity contribution in [2.45, 2.75) is 11.8 Å². The van der Waals surface area contributed by atoms with E-state index in [9.17, 15) is 4.79 Å². The van der Waals surface area contributed by atoms with Gasteiger partial charge in [-0.3, -0.25) is 0 Å². The van der Waals surface area contributed by atoms with Gasteiger partial charge in [-0.25, -0.2) is 4.79 Å². The van der Waals surface area contributed by atoms with Crippen LogP contribution in [0.4, 0.5) is 0 Å². The van der Waals surface area contributed by atoms with Crippen LogP contribution in [-0.4, -0.2) is 18.8 Å². The van der Waals surface area contributed by atoms with Gasteiger partial charge in [-0.1, -0.05) is 0 Å². The Balaban J connectivity index is 2.94. The van der Waals surface area contributed by atoms with E-state index >= 15 is 0 Å². The lowest BCUT2D eigenvalue weighted by molar-refractivity contribution is 0.0526. The molecule has 1 rings (SSSR count). The molecule has 1 aromatic carbocycles. The Bertz CT molecular complexity index is 339. The van der Waals surface area contributed by atoms with Gasteiger partial charge < -0.3 is 4.74 Å². The third-order valence-corrected chi connectivity index (χ3v) is 3.39. The van der Waals surface area contributed by atoms with Crippen LogP contribution in [0.25, 0.3) is 0 Å². The van der Waals surface area contributed by atoms with Crippen molar-refractivity contribution in [1.82, 2.24) is 0 Å². The highest BCUT2D eigenvalue weighted by atomic mass is 79.9. The Morgan fingerprint density at radius 1 is 1.57 bits per heavy atom. The summed E-state index contributed by atoms with van der Waals surface area (Å²) < 4.78 is 5.90. The van der Waals surface area contributed by atoms with Crippen LogP contribution in [0.5, 0.6) is 0 Å². The number of thioether (sulfide) groups is 1. The lowest BCUT2D eigenvalue weighted by Crippen LogP contribution is -2.04. The first-order valence-corrected chi connectivity index (χ1v) is 6.21. The van der Waals surface area contributed by atoms with Gasteiger partial charge >= 0.3 is 5.97 Å². The Hall–Kier alpha value is -0.480. The smallest absolute Gasteiger partial charge is 0.338 e. The second kappa shape index (κ2) is 5.41. The Labute approximate surface area is 96.2 Å². The third kappa shape index (κ3) is 2.75. The molecule has 1 aromatic rings. The number of carbonyl (C=O) groups is 1. The van der Waals surface area contributed by atoms with E-state index in [-0.39, 0.29) is 5.97 Å². The van der Waals surface area contributed by atoms with Crippen molar-refractivity contribution < 1.29 is 9.53 Å². The zero-order chi connectivity index (χ0) is 10.6. The van der Waals surface area contributed by atoms with Crippen LogP contribution < -0.4 is 0 Å². The van der Waals surface area contributed by atoms with Crippen molar-refractivity contribution in [2.24, 2.45) is 0 Å². The highest BCUT2D eigenvalue weighted by Crippen LogP contribution is 2.26. The number of hydrogen-bond donors (Lipinski definition) is 0. The van der Waals surface area contributed by atoms with Crippen molar-refractivity contribution in [3.05, 3.63) is 28.2 Å². The Morgan fingerprint density at radius 3 is 2.86 bits per heavy atom. The number of ether oxygens (including phenoxy) is 1. The fourth-order valence-electron chi connectivity index (χ4n) is 1.00. The molecule has 0 aliphatic carbocycles. The topological polar surface area (TPSA) is 26.3 Å². The van der Waals surface area contributed by atoms with E-state index in [4.69, 9.17) is 4.74 Å². The summed E-state index contributed by atoms with van der Waals surface area (Å²) in [7, 11) is 0. The van der Waals surface area contributed by atoms with E-state index < -0.39 is 0 Å². The molecule has 0 radical (unpaired) electrons. The quantitative estimate of drug-likeness (QED) is 0.625. The van der Waals surface area contributed by atoms with Gasteiger partial charge in [0, 0.05) is 9.37 Å². The number of esters is 1. The van der Waals surface area contributed by atoms with Gasteiger partial charge in [-0.05, 0) is 47.3 Å². The molecular formula is C10H11BrO2S. The number of halogens is 1. The number of benzene rings is 1. The second-order valence-electron chi connectivity index (χ2n) is 2.57. The predicted molar refractivity (Wildman–Crippen MR) is 61.9 cm³/mol. The van der Waals surface area contributed by atoms with E-state index in [1.165, 1.54) is 0 Å². The summed E-state index contributed by atoms with van der Waals surface area (Å²) in [5.74, 6) is -0.268. The van der Waals surface area contributed by atoms with Crippen molar-refractivity contribution in [3.8, 4) is 0 Å². The second-order valence-corrected chi connectivity index (χ2v) is 4.27. The summed E-state index contributed by atoms with van der Waals surface area (Å²) in [5, 5.41) is 0.